The summed E-state index contributed by atoms with van der Waals surface area (Å²) in [5.74, 6) is 2.00. The van der Waals surface area contributed by atoms with Crippen LogP contribution in [0.5, 0.6) is 0 Å². The molecule has 3 rings (SSSR count). The Hall–Kier alpha value is -1.55. The highest BCUT2D eigenvalue weighted by Crippen LogP contribution is 2.49. The van der Waals surface area contributed by atoms with E-state index in [4.69, 9.17) is 11.6 Å². The Morgan fingerprint density at radius 1 is 1.22 bits per heavy atom. The summed E-state index contributed by atoms with van der Waals surface area (Å²) in [5, 5.41) is 3.41. The number of amides is 2. The molecule has 2 aliphatic rings. The van der Waals surface area contributed by atoms with Gasteiger partial charge in [-0.2, -0.15) is 0 Å². The summed E-state index contributed by atoms with van der Waals surface area (Å²) >= 11 is 5.82. The average Bonchev–Trinajstić information content (AvgIpc) is 3.12. The molecule has 124 valence electrons. The van der Waals surface area contributed by atoms with Crippen molar-refractivity contribution in [2.24, 2.45) is 17.8 Å². The molecule has 0 heterocycles. The van der Waals surface area contributed by atoms with Crippen LogP contribution in [-0.2, 0) is 9.59 Å². The van der Waals surface area contributed by atoms with E-state index in [0.29, 0.717) is 23.0 Å². The second-order valence-electron chi connectivity index (χ2n) is 6.94. The number of halogens is 1. The van der Waals surface area contributed by atoms with Gasteiger partial charge in [0.25, 0.3) is 0 Å². The molecule has 0 saturated heterocycles. The van der Waals surface area contributed by atoms with Crippen LogP contribution in [0.3, 0.4) is 0 Å². The second kappa shape index (κ2) is 6.91. The van der Waals surface area contributed by atoms with Crippen LogP contribution < -0.4 is 5.32 Å². The Balaban J connectivity index is 1.46. The zero-order chi connectivity index (χ0) is 16.4. The summed E-state index contributed by atoms with van der Waals surface area (Å²) in [7, 11) is 1.71. The molecule has 4 nitrogen and oxygen atoms in total. The molecule has 0 spiro atoms. The van der Waals surface area contributed by atoms with Gasteiger partial charge in [-0.3, -0.25) is 9.59 Å². The van der Waals surface area contributed by atoms with Gasteiger partial charge in [0.1, 0.15) is 0 Å². The van der Waals surface area contributed by atoms with E-state index in [1.165, 1.54) is 30.6 Å². The van der Waals surface area contributed by atoms with Gasteiger partial charge in [0, 0.05) is 24.2 Å². The minimum absolute atomic E-state index is 0.0776. The van der Waals surface area contributed by atoms with Crippen LogP contribution in [0, 0.1) is 17.8 Å². The monoisotopic (exact) mass is 334 g/mol. The van der Waals surface area contributed by atoms with Crippen LogP contribution >= 0.6 is 11.6 Å². The first-order chi connectivity index (χ1) is 11.0. The van der Waals surface area contributed by atoms with E-state index in [9.17, 15) is 9.59 Å². The summed E-state index contributed by atoms with van der Waals surface area (Å²) in [4.78, 5) is 25.9. The Labute approximate surface area is 142 Å². The number of likely N-dealkylation sites (N-methyl/N-ethyl adjacent to an activating group) is 1. The first kappa shape index (κ1) is 16.3. The van der Waals surface area contributed by atoms with Crippen LogP contribution in [0.15, 0.2) is 24.3 Å². The normalized spacial score (nSPS) is 25.4. The van der Waals surface area contributed by atoms with E-state index in [0.717, 1.165) is 11.8 Å². The fourth-order valence-electron chi connectivity index (χ4n) is 4.04. The first-order valence-electron chi connectivity index (χ1n) is 8.30. The van der Waals surface area contributed by atoms with E-state index in [1.54, 1.807) is 31.3 Å². The Morgan fingerprint density at radius 3 is 2.57 bits per heavy atom. The summed E-state index contributed by atoms with van der Waals surface area (Å²) in [6, 6.07) is 6.94. The third-order valence-electron chi connectivity index (χ3n) is 5.26. The summed E-state index contributed by atoms with van der Waals surface area (Å²) in [5.41, 5.74) is 0.688. The third kappa shape index (κ3) is 4.05. The van der Waals surface area contributed by atoms with E-state index < -0.39 is 0 Å². The van der Waals surface area contributed by atoms with Crippen LogP contribution in [-0.4, -0.2) is 30.3 Å². The van der Waals surface area contributed by atoms with Crippen molar-refractivity contribution >= 4 is 29.1 Å². The standard InChI is InChI=1S/C18H23ClN2O2/c1-21(11-17(22)20-16-6-4-15(19)5-7-16)18(23)10-14-9-12-2-3-13(14)8-12/h4-7,12-14H,2-3,8-11H2,1H3,(H,20,22)/t12-,13-,14-/m1/s1. The molecule has 1 aromatic carbocycles. The topological polar surface area (TPSA) is 49.4 Å². The highest BCUT2D eigenvalue weighted by molar-refractivity contribution is 6.30. The molecule has 1 N–H and O–H groups in total. The van der Waals surface area contributed by atoms with Crippen LogP contribution in [0.25, 0.3) is 0 Å². The number of fused-ring (bicyclic) bond motifs is 2. The molecular formula is C18H23ClN2O2. The smallest absolute Gasteiger partial charge is 0.243 e. The molecule has 0 aromatic heterocycles. The van der Waals surface area contributed by atoms with Crippen LogP contribution in [0.1, 0.15) is 32.1 Å². The number of anilines is 1. The summed E-state index contributed by atoms with van der Waals surface area (Å²) in [6.07, 6.45) is 5.71. The predicted octanol–water partition coefficient (Wildman–Crippen LogP) is 3.56. The van der Waals surface area contributed by atoms with Crippen molar-refractivity contribution in [1.29, 1.82) is 0 Å². The van der Waals surface area contributed by atoms with Gasteiger partial charge in [0.05, 0.1) is 6.54 Å². The van der Waals surface area contributed by atoms with Crippen molar-refractivity contribution in [2.45, 2.75) is 32.1 Å². The zero-order valence-corrected chi connectivity index (χ0v) is 14.2. The maximum atomic E-state index is 12.3. The van der Waals surface area contributed by atoms with Gasteiger partial charge in [-0.25, -0.2) is 0 Å². The minimum atomic E-state index is -0.184. The Morgan fingerprint density at radius 2 is 1.96 bits per heavy atom. The lowest BCUT2D eigenvalue weighted by Gasteiger charge is -2.24. The van der Waals surface area contributed by atoms with Crippen LogP contribution in [0.4, 0.5) is 5.69 Å². The van der Waals surface area contributed by atoms with E-state index >= 15 is 0 Å². The fourth-order valence-corrected chi connectivity index (χ4v) is 4.17. The number of benzene rings is 1. The number of hydrogen-bond donors (Lipinski definition) is 1. The molecule has 5 heteroatoms. The summed E-state index contributed by atoms with van der Waals surface area (Å²) in [6.45, 7) is 0.0856. The molecule has 2 bridgehead atoms. The molecule has 2 amide bonds. The highest BCUT2D eigenvalue weighted by atomic mass is 35.5. The number of rotatable bonds is 5. The molecule has 0 unspecified atom stereocenters. The molecule has 0 radical (unpaired) electrons. The SMILES string of the molecule is CN(CC(=O)Nc1ccc(Cl)cc1)C(=O)C[C@H]1C[C@@H]2CC[C@@H]1C2. The first-order valence-corrected chi connectivity index (χ1v) is 8.68. The lowest BCUT2D eigenvalue weighted by atomic mass is 9.86. The zero-order valence-electron chi connectivity index (χ0n) is 13.4. The minimum Gasteiger partial charge on any atom is -0.336 e. The molecule has 2 fully saturated rings. The maximum Gasteiger partial charge on any atom is 0.243 e. The molecule has 3 atom stereocenters. The van der Waals surface area contributed by atoms with Crippen molar-refractivity contribution in [1.82, 2.24) is 4.90 Å². The molecule has 0 aliphatic heterocycles. The number of nitrogens with one attached hydrogen (secondary N) is 1. The van der Waals surface area contributed by atoms with Gasteiger partial charge in [-0.05, 0) is 61.3 Å². The van der Waals surface area contributed by atoms with Crippen molar-refractivity contribution in [2.75, 3.05) is 18.9 Å². The average molecular weight is 335 g/mol. The third-order valence-corrected chi connectivity index (χ3v) is 5.51. The number of nitrogens with zero attached hydrogens (tertiary/aromatic N) is 1. The highest BCUT2D eigenvalue weighted by Gasteiger charge is 2.40. The lowest BCUT2D eigenvalue weighted by Crippen LogP contribution is -2.36. The Kier molecular flexibility index (Phi) is 4.90. The van der Waals surface area contributed by atoms with Gasteiger partial charge >= 0.3 is 0 Å². The van der Waals surface area contributed by atoms with Gasteiger partial charge in [0.15, 0.2) is 0 Å². The molecule has 1 aromatic rings. The second-order valence-corrected chi connectivity index (χ2v) is 7.38. The molecular weight excluding hydrogens is 312 g/mol. The van der Waals surface area contributed by atoms with E-state index in [2.05, 4.69) is 5.32 Å². The van der Waals surface area contributed by atoms with Crippen molar-refractivity contribution in [3.8, 4) is 0 Å². The largest absolute Gasteiger partial charge is 0.336 e. The maximum absolute atomic E-state index is 12.3. The predicted molar refractivity (Wildman–Crippen MR) is 91.3 cm³/mol. The lowest BCUT2D eigenvalue weighted by molar-refractivity contribution is -0.134. The molecule has 2 saturated carbocycles. The summed E-state index contributed by atoms with van der Waals surface area (Å²) < 4.78 is 0. The molecule has 2 aliphatic carbocycles. The van der Waals surface area contributed by atoms with Crippen LogP contribution in [0.2, 0.25) is 5.02 Å². The van der Waals surface area contributed by atoms with Crippen molar-refractivity contribution in [3.05, 3.63) is 29.3 Å². The van der Waals surface area contributed by atoms with E-state index in [-0.39, 0.29) is 18.4 Å². The number of carbonyl (C=O) groups excluding carboxylic acids is 2. The van der Waals surface area contributed by atoms with Crippen molar-refractivity contribution in [3.63, 3.8) is 0 Å². The van der Waals surface area contributed by atoms with Gasteiger partial charge in [-0.15, -0.1) is 0 Å². The quantitative estimate of drug-likeness (QED) is 0.895. The number of carbonyl (C=O) groups is 2. The Bertz CT molecular complexity index is 587. The van der Waals surface area contributed by atoms with Crippen molar-refractivity contribution < 1.29 is 9.59 Å². The molecule has 23 heavy (non-hydrogen) atoms. The van der Waals surface area contributed by atoms with E-state index in [1.807, 2.05) is 0 Å². The van der Waals surface area contributed by atoms with Gasteiger partial charge < -0.3 is 10.2 Å². The van der Waals surface area contributed by atoms with Gasteiger partial charge in [0.2, 0.25) is 11.8 Å². The number of hydrogen-bond acceptors (Lipinski definition) is 2. The van der Waals surface area contributed by atoms with Gasteiger partial charge in [-0.1, -0.05) is 18.0 Å². The fraction of sp³-hybridized carbons (Fsp3) is 0.556.